The number of rotatable bonds is 5. The number of hydrogen-bond acceptors (Lipinski definition) is 5. The lowest BCUT2D eigenvalue weighted by atomic mass is 10.1. The molecule has 160 valence electrons. The number of anilines is 2. The smallest absolute Gasteiger partial charge is 0.293 e. The van der Waals surface area contributed by atoms with Crippen LogP contribution in [0.15, 0.2) is 66.7 Å². The number of carbonyl (C=O) groups is 1. The first-order valence-electron chi connectivity index (χ1n) is 10.5. The molecule has 8 nitrogen and oxygen atoms in total. The molecule has 0 aliphatic carbocycles. The zero-order valence-corrected chi connectivity index (χ0v) is 17.2. The number of nitrogens with one attached hydrogen (secondary N) is 2. The Kier molecular flexibility index (Phi) is 5.03. The molecule has 2 N–H and O–H groups in total. The van der Waals surface area contributed by atoms with Crippen molar-refractivity contribution < 1.29 is 9.72 Å². The van der Waals surface area contributed by atoms with Crippen molar-refractivity contribution in [1.29, 1.82) is 0 Å². The number of hydrogen-bond donors (Lipinski definition) is 2. The Bertz CT molecular complexity index is 1290. The summed E-state index contributed by atoms with van der Waals surface area (Å²) in [5.41, 5.74) is 3.97. The summed E-state index contributed by atoms with van der Waals surface area (Å²) in [6, 6.07) is 19.7. The van der Waals surface area contributed by atoms with Gasteiger partial charge in [0.1, 0.15) is 11.5 Å². The third-order valence-corrected chi connectivity index (χ3v) is 5.66. The molecule has 1 aliphatic heterocycles. The molecule has 1 fully saturated rings. The van der Waals surface area contributed by atoms with Gasteiger partial charge in [0.15, 0.2) is 0 Å². The van der Waals surface area contributed by atoms with E-state index in [0.29, 0.717) is 17.2 Å². The van der Waals surface area contributed by atoms with Crippen LogP contribution in [0.4, 0.5) is 17.1 Å². The summed E-state index contributed by atoms with van der Waals surface area (Å²) in [5.74, 6) is 0.302. The second-order valence-electron chi connectivity index (χ2n) is 7.79. The van der Waals surface area contributed by atoms with Crippen molar-refractivity contribution in [1.82, 2.24) is 9.97 Å². The predicted molar refractivity (Wildman–Crippen MR) is 124 cm³/mol. The van der Waals surface area contributed by atoms with Gasteiger partial charge in [-0.3, -0.25) is 14.9 Å². The molecule has 1 amide bonds. The highest BCUT2D eigenvalue weighted by Crippen LogP contribution is 2.32. The average Bonchev–Trinajstić information content (AvgIpc) is 3.49. The molecule has 5 rings (SSSR count). The van der Waals surface area contributed by atoms with Crippen LogP contribution >= 0.6 is 0 Å². The predicted octanol–water partition coefficient (Wildman–Crippen LogP) is 4.99. The molecular formula is C24H21N5O3. The van der Waals surface area contributed by atoms with Crippen LogP contribution in [0.1, 0.15) is 23.2 Å². The molecule has 4 aromatic rings. The zero-order valence-electron chi connectivity index (χ0n) is 17.2. The Hall–Kier alpha value is -4.20. The SMILES string of the molecule is O=C(Nc1cccc(-c2nc3ccccc3[nH]2)c1)c1ccc(N2CCCC2)c([N+](=O)[O-])c1. The first-order valence-corrected chi connectivity index (χ1v) is 10.5. The van der Waals surface area contributed by atoms with Gasteiger partial charge in [0.25, 0.3) is 11.6 Å². The molecule has 3 aromatic carbocycles. The Morgan fingerprint density at radius 2 is 1.84 bits per heavy atom. The van der Waals surface area contributed by atoms with Crippen molar-refractivity contribution in [3.05, 3.63) is 82.4 Å². The van der Waals surface area contributed by atoms with Crippen LogP contribution < -0.4 is 10.2 Å². The molecule has 1 saturated heterocycles. The van der Waals surface area contributed by atoms with E-state index in [1.807, 2.05) is 47.4 Å². The summed E-state index contributed by atoms with van der Waals surface area (Å²) in [4.78, 5) is 33.9. The van der Waals surface area contributed by atoms with E-state index in [-0.39, 0.29) is 11.3 Å². The maximum absolute atomic E-state index is 12.8. The van der Waals surface area contributed by atoms with Gasteiger partial charge in [-0.05, 0) is 49.2 Å². The van der Waals surface area contributed by atoms with Gasteiger partial charge in [0.05, 0.1) is 16.0 Å². The normalized spacial score (nSPS) is 13.4. The van der Waals surface area contributed by atoms with Gasteiger partial charge < -0.3 is 15.2 Å². The van der Waals surface area contributed by atoms with E-state index in [1.165, 1.54) is 6.07 Å². The molecule has 0 unspecified atom stereocenters. The van der Waals surface area contributed by atoms with E-state index in [1.54, 1.807) is 18.2 Å². The van der Waals surface area contributed by atoms with Gasteiger partial charge in [0, 0.05) is 36.0 Å². The first kappa shape index (κ1) is 19.7. The van der Waals surface area contributed by atoms with Crippen LogP contribution in [-0.2, 0) is 0 Å². The van der Waals surface area contributed by atoms with E-state index >= 15 is 0 Å². The number of nitrogens with zero attached hydrogens (tertiary/aromatic N) is 3. The molecule has 32 heavy (non-hydrogen) atoms. The number of aromatic amines is 1. The van der Waals surface area contributed by atoms with Gasteiger partial charge in [-0.15, -0.1) is 0 Å². The summed E-state index contributed by atoms with van der Waals surface area (Å²) in [6.07, 6.45) is 2.03. The van der Waals surface area contributed by atoms with Gasteiger partial charge >= 0.3 is 0 Å². The van der Waals surface area contributed by atoms with Crippen LogP contribution in [0.25, 0.3) is 22.4 Å². The topological polar surface area (TPSA) is 104 Å². The van der Waals surface area contributed by atoms with Gasteiger partial charge in [-0.25, -0.2) is 4.98 Å². The minimum absolute atomic E-state index is 0.0458. The number of fused-ring (bicyclic) bond motifs is 1. The summed E-state index contributed by atoms with van der Waals surface area (Å²) in [7, 11) is 0. The van der Waals surface area contributed by atoms with Crippen molar-refractivity contribution in [2.24, 2.45) is 0 Å². The largest absolute Gasteiger partial charge is 0.366 e. The van der Waals surface area contributed by atoms with E-state index in [9.17, 15) is 14.9 Å². The van der Waals surface area contributed by atoms with E-state index in [2.05, 4.69) is 15.3 Å². The summed E-state index contributed by atoms with van der Waals surface area (Å²) >= 11 is 0. The lowest BCUT2D eigenvalue weighted by Crippen LogP contribution is -2.19. The fourth-order valence-corrected chi connectivity index (χ4v) is 4.07. The van der Waals surface area contributed by atoms with Crippen molar-refractivity contribution in [3.8, 4) is 11.4 Å². The maximum Gasteiger partial charge on any atom is 0.293 e. The number of aromatic nitrogens is 2. The maximum atomic E-state index is 12.8. The lowest BCUT2D eigenvalue weighted by Gasteiger charge is -2.17. The number of amides is 1. The minimum Gasteiger partial charge on any atom is -0.366 e. The fraction of sp³-hybridized carbons (Fsp3) is 0.167. The van der Waals surface area contributed by atoms with Crippen LogP contribution in [-0.4, -0.2) is 33.9 Å². The highest BCUT2D eigenvalue weighted by Gasteiger charge is 2.24. The highest BCUT2D eigenvalue weighted by atomic mass is 16.6. The van der Waals surface area contributed by atoms with Crippen LogP contribution in [0.2, 0.25) is 0 Å². The van der Waals surface area contributed by atoms with E-state index in [0.717, 1.165) is 42.5 Å². The monoisotopic (exact) mass is 427 g/mol. The Morgan fingerprint density at radius 3 is 2.62 bits per heavy atom. The standard InChI is InChI=1S/C24H21N5O3/c30-24(17-10-11-21(22(15-17)29(31)32)28-12-3-4-13-28)25-18-7-5-6-16(14-18)23-26-19-8-1-2-9-20(19)27-23/h1-2,5-11,14-15H,3-4,12-13H2,(H,25,30)(H,26,27). The molecule has 0 bridgehead atoms. The third kappa shape index (κ3) is 3.78. The molecule has 0 spiro atoms. The number of carbonyl (C=O) groups excluding carboxylic acids is 1. The lowest BCUT2D eigenvalue weighted by molar-refractivity contribution is -0.384. The summed E-state index contributed by atoms with van der Waals surface area (Å²) in [5, 5.41) is 14.5. The highest BCUT2D eigenvalue weighted by molar-refractivity contribution is 6.05. The Balaban J connectivity index is 1.39. The number of nitro groups is 1. The molecule has 2 heterocycles. The summed E-state index contributed by atoms with van der Waals surface area (Å²) < 4.78 is 0. The molecule has 1 aliphatic rings. The summed E-state index contributed by atoms with van der Waals surface area (Å²) in [6.45, 7) is 1.59. The molecule has 1 aromatic heterocycles. The van der Waals surface area contributed by atoms with Crippen molar-refractivity contribution >= 4 is 34.0 Å². The van der Waals surface area contributed by atoms with Crippen molar-refractivity contribution in [3.63, 3.8) is 0 Å². The zero-order chi connectivity index (χ0) is 22.1. The van der Waals surface area contributed by atoms with Crippen molar-refractivity contribution in [2.45, 2.75) is 12.8 Å². The second kappa shape index (κ2) is 8.14. The molecule has 0 saturated carbocycles. The van der Waals surface area contributed by atoms with Crippen LogP contribution in [0.5, 0.6) is 0 Å². The number of imidazole rings is 1. The second-order valence-corrected chi connectivity index (χ2v) is 7.79. The Labute approximate surface area is 184 Å². The van der Waals surface area contributed by atoms with E-state index < -0.39 is 10.8 Å². The molecular weight excluding hydrogens is 406 g/mol. The molecule has 0 radical (unpaired) electrons. The number of benzene rings is 3. The number of H-pyrrole nitrogens is 1. The Morgan fingerprint density at radius 1 is 1.03 bits per heavy atom. The average molecular weight is 427 g/mol. The van der Waals surface area contributed by atoms with Crippen LogP contribution in [0, 0.1) is 10.1 Å². The number of nitro benzene ring substituents is 1. The minimum atomic E-state index is -0.424. The third-order valence-electron chi connectivity index (χ3n) is 5.66. The van der Waals surface area contributed by atoms with E-state index in [4.69, 9.17) is 0 Å². The number of para-hydroxylation sites is 2. The van der Waals surface area contributed by atoms with Gasteiger partial charge in [0.2, 0.25) is 0 Å². The van der Waals surface area contributed by atoms with Gasteiger partial charge in [-0.1, -0.05) is 24.3 Å². The van der Waals surface area contributed by atoms with Crippen molar-refractivity contribution in [2.75, 3.05) is 23.3 Å². The molecule has 0 atom stereocenters. The molecule has 8 heteroatoms. The van der Waals surface area contributed by atoms with Gasteiger partial charge in [-0.2, -0.15) is 0 Å². The fourth-order valence-electron chi connectivity index (χ4n) is 4.07. The van der Waals surface area contributed by atoms with Crippen LogP contribution in [0.3, 0.4) is 0 Å². The quantitative estimate of drug-likeness (QED) is 0.345. The first-order chi connectivity index (χ1) is 15.6.